The number of hydrogen-bond donors (Lipinski definition) is 1. The Hall–Kier alpha value is -1.70. The number of hydrogen-bond acceptors (Lipinski definition) is 5. The number of H-pyrrole nitrogens is 1. The summed E-state index contributed by atoms with van der Waals surface area (Å²) in [7, 11) is 1.69. The highest BCUT2D eigenvalue weighted by atomic mass is 32.1. The number of aromatic nitrogens is 2. The van der Waals surface area contributed by atoms with Gasteiger partial charge in [-0.25, -0.2) is 0 Å². The van der Waals surface area contributed by atoms with Gasteiger partial charge >= 0.3 is 0 Å². The van der Waals surface area contributed by atoms with E-state index in [1.807, 2.05) is 27.8 Å². The average molecular weight is 403 g/mol. The molecule has 2 aromatic heterocycles. The van der Waals surface area contributed by atoms with Crippen molar-refractivity contribution < 1.29 is 9.53 Å². The third-order valence-electron chi connectivity index (χ3n) is 6.16. The van der Waals surface area contributed by atoms with Gasteiger partial charge in [-0.15, -0.1) is 0 Å². The van der Waals surface area contributed by atoms with Gasteiger partial charge in [-0.1, -0.05) is 6.42 Å². The zero-order valence-electron chi connectivity index (χ0n) is 16.6. The molecule has 28 heavy (non-hydrogen) atoms. The van der Waals surface area contributed by atoms with Crippen molar-refractivity contribution in [1.82, 2.24) is 20.0 Å². The van der Waals surface area contributed by atoms with Crippen LogP contribution in [0.5, 0.6) is 0 Å². The van der Waals surface area contributed by atoms with Crippen LogP contribution < -0.4 is 0 Å². The number of nitrogens with zero attached hydrogens (tertiary/aromatic N) is 3. The second-order valence-corrected chi connectivity index (χ2v) is 8.70. The maximum atomic E-state index is 13.3. The predicted molar refractivity (Wildman–Crippen MR) is 112 cm³/mol. The van der Waals surface area contributed by atoms with Gasteiger partial charge in [0.05, 0.1) is 12.3 Å². The minimum Gasteiger partial charge on any atom is -0.383 e. The molecule has 0 aliphatic carbocycles. The quantitative estimate of drug-likeness (QED) is 0.770. The number of ether oxygens (including phenoxy) is 1. The topological polar surface area (TPSA) is 61.5 Å². The number of rotatable bonds is 7. The Balaban J connectivity index is 1.48. The van der Waals surface area contributed by atoms with Gasteiger partial charge in [0.2, 0.25) is 0 Å². The van der Waals surface area contributed by atoms with Crippen LogP contribution in [0.4, 0.5) is 0 Å². The van der Waals surface area contributed by atoms with Gasteiger partial charge in [-0.2, -0.15) is 16.4 Å². The highest BCUT2D eigenvalue weighted by Gasteiger charge is 2.35. The monoisotopic (exact) mass is 402 g/mol. The van der Waals surface area contributed by atoms with Crippen molar-refractivity contribution in [3.05, 3.63) is 28.6 Å². The first kappa shape index (κ1) is 19.6. The zero-order valence-corrected chi connectivity index (χ0v) is 17.4. The molecule has 2 aliphatic heterocycles. The van der Waals surface area contributed by atoms with E-state index in [1.165, 1.54) is 45.2 Å². The van der Waals surface area contributed by atoms with Gasteiger partial charge in [0.25, 0.3) is 5.91 Å². The predicted octanol–water partition coefficient (Wildman–Crippen LogP) is 3.49. The summed E-state index contributed by atoms with van der Waals surface area (Å²) in [5.74, 6) is 0.577. The SMILES string of the molecule is COCCN(C[C@H]1CCCN2CCCC[C@@H]12)C(=O)c1cc(-c2ccsc2)n[nH]1. The molecule has 4 heterocycles. The fourth-order valence-electron chi connectivity index (χ4n) is 4.71. The first-order valence-electron chi connectivity index (χ1n) is 10.4. The molecule has 0 spiro atoms. The smallest absolute Gasteiger partial charge is 0.271 e. The van der Waals surface area contributed by atoms with E-state index in [9.17, 15) is 4.79 Å². The fraction of sp³-hybridized carbons (Fsp3) is 0.619. The molecule has 7 heteroatoms. The molecule has 152 valence electrons. The first-order chi connectivity index (χ1) is 13.8. The molecule has 2 atom stereocenters. The molecule has 0 radical (unpaired) electrons. The Kier molecular flexibility index (Phi) is 6.44. The van der Waals surface area contributed by atoms with Crippen LogP contribution in [-0.2, 0) is 4.74 Å². The molecule has 1 amide bonds. The molecule has 2 aliphatic rings. The normalized spacial score (nSPS) is 22.8. The second kappa shape index (κ2) is 9.20. The van der Waals surface area contributed by atoms with Gasteiger partial charge in [0, 0.05) is 37.2 Å². The minimum atomic E-state index is 0.0268. The van der Waals surface area contributed by atoms with E-state index in [4.69, 9.17) is 4.74 Å². The molecule has 2 fully saturated rings. The summed E-state index contributed by atoms with van der Waals surface area (Å²) in [5.41, 5.74) is 2.44. The third-order valence-corrected chi connectivity index (χ3v) is 6.84. The number of piperidine rings is 2. The standard InChI is InChI=1S/C21H30N4O2S/c1-27-11-10-25(14-16-5-4-9-24-8-3-2-6-20(16)24)21(26)19-13-18(22-23-19)17-7-12-28-15-17/h7,12-13,15-16,20H,2-6,8-11,14H2,1H3,(H,22,23)/t16-,20+/m1/s1. The summed E-state index contributed by atoms with van der Waals surface area (Å²) >= 11 is 1.63. The summed E-state index contributed by atoms with van der Waals surface area (Å²) in [6.07, 6.45) is 6.34. The van der Waals surface area contributed by atoms with Crippen molar-refractivity contribution >= 4 is 17.2 Å². The third kappa shape index (κ3) is 4.31. The van der Waals surface area contributed by atoms with Crippen molar-refractivity contribution in [2.45, 2.75) is 38.1 Å². The van der Waals surface area contributed by atoms with Crippen molar-refractivity contribution in [1.29, 1.82) is 0 Å². The number of carbonyl (C=O) groups excluding carboxylic acids is 1. The van der Waals surface area contributed by atoms with Crippen molar-refractivity contribution in [3.8, 4) is 11.3 Å². The lowest BCUT2D eigenvalue weighted by molar-refractivity contribution is 0.0313. The Bertz CT molecular complexity index is 758. The number of carbonyl (C=O) groups is 1. The van der Waals surface area contributed by atoms with Crippen LogP contribution in [0.2, 0.25) is 0 Å². The Labute approximate surface area is 170 Å². The number of amides is 1. The molecule has 2 saturated heterocycles. The number of thiophene rings is 1. The first-order valence-corrected chi connectivity index (χ1v) is 11.3. The molecule has 1 N–H and O–H groups in total. The minimum absolute atomic E-state index is 0.0268. The zero-order chi connectivity index (χ0) is 19.3. The van der Waals surface area contributed by atoms with Crippen molar-refractivity contribution in [2.75, 3.05) is 39.9 Å². The maximum absolute atomic E-state index is 13.3. The molecule has 0 unspecified atom stereocenters. The van der Waals surface area contributed by atoms with Gasteiger partial charge in [0.1, 0.15) is 5.69 Å². The highest BCUT2D eigenvalue weighted by molar-refractivity contribution is 7.08. The van der Waals surface area contributed by atoms with E-state index in [-0.39, 0.29) is 5.91 Å². The summed E-state index contributed by atoms with van der Waals surface area (Å²) in [6.45, 7) is 4.41. The number of nitrogens with one attached hydrogen (secondary N) is 1. The van der Waals surface area contributed by atoms with E-state index in [0.29, 0.717) is 30.8 Å². The van der Waals surface area contributed by atoms with E-state index >= 15 is 0 Å². The van der Waals surface area contributed by atoms with E-state index < -0.39 is 0 Å². The lowest BCUT2D eigenvalue weighted by Crippen LogP contribution is -2.52. The molecular formula is C21H30N4O2S. The van der Waals surface area contributed by atoms with Crippen LogP contribution in [0.3, 0.4) is 0 Å². The Morgan fingerprint density at radius 3 is 3.07 bits per heavy atom. The highest BCUT2D eigenvalue weighted by Crippen LogP contribution is 2.31. The Morgan fingerprint density at radius 2 is 2.25 bits per heavy atom. The lowest BCUT2D eigenvalue weighted by atomic mass is 9.83. The lowest BCUT2D eigenvalue weighted by Gasteiger charge is -2.45. The van der Waals surface area contributed by atoms with Crippen molar-refractivity contribution in [2.24, 2.45) is 5.92 Å². The fourth-order valence-corrected chi connectivity index (χ4v) is 5.36. The largest absolute Gasteiger partial charge is 0.383 e. The molecule has 0 aromatic carbocycles. The average Bonchev–Trinajstić information content (AvgIpc) is 3.42. The van der Waals surface area contributed by atoms with Crippen LogP contribution in [-0.4, -0.2) is 71.8 Å². The van der Waals surface area contributed by atoms with Crippen LogP contribution >= 0.6 is 11.3 Å². The van der Waals surface area contributed by atoms with Crippen LogP contribution in [0, 0.1) is 5.92 Å². The number of methoxy groups -OCH3 is 1. The molecule has 4 rings (SSSR count). The van der Waals surface area contributed by atoms with Gasteiger partial charge in [0.15, 0.2) is 0 Å². The van der Waals surface area contributed by atoms with Crippen LogP contribution in [0.1, 0.15) is 42.6 Å². The summed E-state index contributed by atoms with van der Waals surface area (Å²) < 4.78 is 5.29. The molecular weight excluding hydrogens is 372 g/mol. The van der Waals surface area contributed by atoms with Crippen molar-refractivity contribution in [3.63, 3.8) is 0 Å². The summed E-state index contributed by atoms with van der Waals surface area (Å²) in [4.78, 5) is 17.9. The number of fused-ring (bicyclic) bond motifs is 1. The van der Waals surface area contributed by atoms with E-state index in [2.05, 4.69) is 15.1 Å². The van der Waals surface area contributed by atoms with E-state index in [1.54, 1.807) is 18.4 Å². The van der Waals surface area contributed by atoms with E-state index in [0.717, 1.165) is 17.8 Å². The molecule has 0 saturated carbocycles. The summed E-state index contributed by atoms with van der Waals surface area (Å²) in [6, 6.07) is 4.53. The van der Waals surface area contributed by atoms with Gasteiger partial charge < -0.3 is 14.5 Å². The molecule has 0 bridgehead atoms. The number of aromatic amines is 1. The summed E-state index contributed by atoms with van der Waals surface area (Å²) in [5, 5.41) is 11.4. The second-order valence-electron chi connectivity index (χ2n) is 7.92. The maximum Gasteiger partial charge on any atom is 0.271 e. The van der Waals surface area contributed by atoms with Crippen LogP contribution in [0.15, 0.2) is 22.9 Å². The molecule has 6 nitrogen and oxygen atoms in total. The van der Waals surface area contributed by atoms with Crippen LogP contribution in [0.25, 0.3) is 11.3 Å². The van der Waals surface area contributed by atoms with Gasteiger partial charge in [-0.05, 0) is 62.2 Å². The van der Waals surface area contributed by atoms with Gasteiger partial charge in [-0.3, -0.25) is 9.89 Å². The molecule has 2 aromatic rings. The Morgan fingerprint density at radius 1 is 1.36 bits per heavy atom.